The standard InChI is InChI=1S/C17H22N4/c1-2-4-14(5-3-1)17-18-12-15(19-17)13-21-11-10-20-8-6-16(21)7-9-20/h1-5,12,16H,6-11,13H2,(H,18,19). The van der Waals surface area contributed by atoms with Crippen molar-refractivity contribution in [3.8, 4) is 11.4 Å². The number of nitrogens with one attached hydrogen (secondary N) is 1. The minimum Gasteiger partial charge on any atom is -0.341 e. The highest BCUT2D eigenvalue weighted by Crippen LogP contribution is 2.23. The number of imidazole rings is 1. The summed E-state index contributed by atoms with van der Waals surface area (Å²) < 4.78 is 0. The normalized spacial score (nSPS) is 25.9. The first-order chi connectivity index (χ1) is 10.4. The van der Waals surface area contributed by atoms with Gasteiger partial charge in [-0.25, -0.2) is 4.98 Å². The predicted octanol–water partition coefficient (Wildman–Crippen LogP) is 2.36. The second-order valence-corrected chi connectivity index (χ2v) is 6.17. The number of aromatic amines is 1. The van der Waals surface area contributed by atoms with Gasteiger partial charge in [0.1, 0.15) is 5.82 Å². The molecule has 4 heteroatoms. The third-order valence-corrected chi connectivity index (χ3v) is 4.83. The Morgan fingerprint density at radius 3 is 2.67 bits per heavy atom. The van der Waals surface area contributed by atoms with E-state index < -0.39 is 0 Å². The van der Waals surface area contributed by atoms with Crippen molar-refractivity contribution in [2.45, 2.75) is 25.4 Å². The van der Waals surface area contributed by atoms with E-state index in [1.807, 2.05) is 12.3 Å². The molecule has 1 N–H and O–H groups in total. The van der Waals surface area contributed by atoms with Crippen LogP contribution in [0.2, 0.25) is 0 Å². The number of fused-ring (bicyclic) bond motifs is 4. The quantitative estimate of drug-likeness (QED) is 0.938. The number of benzene rings is 1. The molecule has 0 unspecified atom stereocenters. The highest BCUT2D eigenvalue weighted by Gasteiger charge is 2.29. The van der Waals surface area contributed by atoms with Crippen LogP contribution in [0.25, 0.3) is 11.4 Å². The smallest absolute Gasteiger partial charge is 0.137 e. The van der Waals surface area contributed by atoms with Gasteiger partial charge in [0.25, 0.3) is 0 Å². The second-order valence-electron chi connectivity index (χ2n) is 6.17. The van der Waals surface area contributed by atoms with Crippen molar-refractivity contribution in [2.24, 2.45) is 0 Å². The molecule has 2 bridgehead atoms. The van der Waals surface area contributed by atoms with Gasteiger partial charge in [-0.1, -0.05) is 30.3 Å². The first kappa shape index (κ1) is 13.0. The number of hydrogen-bond acceptors (Lipinski definition) is 3. The van der Waals surface area contributed by atoms with Crippen molar-refractivity contribution in [3.63, 3.8) is 0 Å². The Kier molecular flexibility index (Phi) is 3.49. The maximum atomic E-state index is 4.54. The fraction of sp³-hybridized carbons (Fsp3) is 0.471. The molecule has 4 heterocycles. The van der Waals surface area contributed by atoms with Gasteiger partial charge in [-0.05, 0) is 25.9 Å². The summed E-state index contributed by atoms with van der Waals surface area (Å²) in [5.74, 6) is 0.980. The van der Waals surface area contributed by atoms with Gasteiger partial charge in [-0.3, -0.25) is 4.90 Å². The number of hydrogen-bond donors (Lipinski definition) is 1. The Bertz CT molecular complexity index is 584. The van der Waals surface area contributed by atoms with E-state index in [-0.39, 0.29) is 0 Å². The van der Waals surface area contributed by atoms with Gasteiger partial charge >= 0.3 is 0 Å². The van der Waals surface area contributed by atoms with Crippen LogP contribution < -0.4 is 0 Å². The molecular weight excluding hydrogens is 260 g/mol. The van der Waals surface area contributed by atoms with Crippen molar-refractivity contribution in [1.29, 1.82) is 0 Å². The van der Waals surface area contributed by atoms with Crippen LogP contribution in [-0.4, -0.2) is 52.0 Å². The number of aromatic nitrogens is 2. The lowest BCUT2D eigenvalue weighted by Crippen LogP contribution is -2.37. The van der Waals surface area contributed by atoms with E-state index in [0.717, 1.165) is 24.0 Å². The molecule has 1 aromatic carbocycles. The fourth-order valence-electron chi connectivity index (χ4n) is 3.57. The Hall–Kier alpha value is -1.65. The first-order valence-corrected chi connectivity index (χ1v) is 7.94. The third-order valence-electron chi connectivity index (χ3n) is 4.83. The van der Waals surface area contributed by atoms with E-state index in [2.05, 4.69) is 44.0 Å². The zero-order chi connectivity index (χ0) is 14.1. The largest absolute Gasteiger partial charge is 0.341 e. The van der Waals surface area contributed by atoms with Crippen LogP contribution in [0.3, 0.4) is 0 Å². The van der Waals surface area contributed by atoms with E-state index in [0.29, 0.717) is 0 Å². The zero-order valence-corrected chi connectivity index (χ0v) is 12.3. The highest BCUT2D eigenvalue weighted by atomic mass is 15.3. The van der Waals surface area contributed by atoms with Crippen LogP contribution >= 0.6 is 0 Å². The predicted molar refractivity (Wildman–Crippen MR) is 83.9 cm³/mol. The summed E-state index contributed by atoms with van der Waals surface area (Å²) in [5.41, 5.74) is 2.39. The minimum absolute atomic E-state index is 0.757. The molecule has 3 aliphatic heterocycles. The average molecular weight is 282 g/mol. The van der Waals surface area contributed by atoms with Crippen LogP contribution in [0.4, 0.5) is 0 Å². The topological polar surface area (TPSA) is 35.2 Å². The van der Waals surface area contributed by atoms with Crippen LogP contribution in [0.15, 0.2) is 36.5 Å². The molecule has 1 aromatic heterocycles. The van der Waals surface area contributed by atoms with Gasteiger partial charge in [0.05, 0.1) is 0 Å². The van der Waals surface area contributed by atoms with E-state index in [1.165, 1.54) is 44.7 Å². The van der Waals surface area contributed by atoms with Gasteiger partial charge in [0.2, 0.25) is 0 Å². The maximum Gasteiger partial charge on any atom is 0.137 e. The van der Waals surface area contributed by atoms with Gasteiger partial charge < -0.3 is 9.88 Å². The summed E-state index contributed by atoms with van der Waals surface area (Å²) in [4.78, 5) is 13.3. The molecule has 3 fully saturated rings. The molecule has 21 heavy (non-hydrogen) atoms. The average Bonchev–Trinajstić information content (AvgIpc) is 2.84. The minimum atomic E-state index is 0.757. The van der Waals surface area contributed by atoms with Crippen LogP contribution in [0.5, 0.6) is 0 Å². The molecule has 4 nitrogen and oxygen atoms in total. The van der Waals surface area contributed by atoms with Crippen molar-refractivity contribution < 1.29 is 0 Å². The molecule has 5 rings (SSSR count). The Morgan fingerprint density at radius 1 is 1.05 bits per heavy atom. The molecule has 0 saturated carbocycles. The zero-order valence-electron chi connectivity index (χ0n) is 12.3. The Labute approximate surface area is 125 Å². The van der Waals surface area contributed by atoms with Crippen LogP contribution in [0.1, 0.15) is 18.5 Å². The number of rotatable bonds is 3. The maximum absolute atomic E-state index is 4.54. The van der Waals surface area contributed by atoms with Gasteiger partial charge in [0, 0.05) is 43.1 Å². The molecule has 0 amide bonds. The summed E-state index contributed by atoms with van der Waals surface area (Å²) in [5, 5.41) is 0. The first-order valence-electron chi connectivity index (χ1n) is 7.94. The molecule has 110 valence electrons. The molecule has 0 spiro atoms. The Balaban J connectivity index is 1.49. The van der Waals surface area contributed by atoms with Gasteiger partial charge in [-0.2, -0.15) is 0 Å². The lowest BCUT2D eigenvalue weighted by molar-refractivity contribution is 0.175. The second kappa shape index (κ2) is 5.62. The van der Waals surface area contributed by atoms with E-state index in [9.17, 15) is 0 Å². The molecule has 0 aliphatic carbocycles. The van der Waals surface area contributed by atoms with E-state index in [1.54, 1.807) is 0 Å². The molecular formula is C17H22N4. The van der Waals surface area contributed by atoms with Crippen molar-refractivity contribution in [1.82, 2.24) is 19.8 Å². The highest BCUT2D eigenvalue weighted by molar-refractivity contribution is 5.54. The van der Waals surface area contributed by atoms with E-state index >= 15 is 0 Å². The summed E-state index contributed by atoms with van der Waals surface area (Å²) in [6.07, 6.45) is 4.64. The molecule has 3 saturated heterocycles. The van der Waals surface area contributed by atoms with Crippen molar-refractivity contribution in [3.05, 3.63) is 42.2 Å². The van der Waals surface area contributed by atoms with Crippen LogP contribution in [-0.2, 0) is 6.54 Å². The monoisotopic (exact) mass is 282 g/mol. The Morgan fingerprint density at radius 2 is 1.86 bits per heavy atom. The SMILES string of the molecule is c1ccc(-c2ncc(CN3CCN4CCC3CC4)[nH]2)cc1. The molecule has 3 aliphatic rings. The summed E-state index contributed by atoms with van der Waals surface area (Å²) >= 11 is 0. The summed E-state index contributed by atoms with van der Waals surface area (Å²) in [7, 11) is 0. The molecule has 0 radical (unpaired) electrons. The van der Waals surface area contributed by atoms with Gasteiger partial charge in [-0.15, -0.1) is 0 Å². The number of piperidine rings is 1. The van der Waals surface area contributed by atoms with Crippen LogP contribution in [0, 0.1) is 0 Å². The summed E-state index contributed by atoms with van der Waals surface area (Å²) in [6, 6.07) is 11.1. The summed E-state index contributed by atoms with van der Waals surface area (Å²) in [6.45, 7) is 5.96. The van der Waals surface area contributed by atoms with Gasteiger partial charge in [0.15, 0.2) is 0 Å². The third kappa shape index (κ3) is 2.74. The number of H-pyrrole nitrogens is 1. The fourth-order valence-corrected chi connectivity index (χ4v) is 3.57. The molecule has 0 atom stereocenters. The lowest BCUT2D eigenvalue weighted by atomic mass is 10.1. The van der Waals surface area contributed by atoms with Crippen molar-refractivity contribution >= 4 is 0 Å². The van der Waals surface area contributed by atoms with E-state index in [4.69, 9.17) is 0 Å². The molecule has 2 aromatic rings. The number of nitrogens with zero attached hydrogens (tertiary/aromatic N) is 3. The van der Waals surface area contributed by atoms with Crippen molar-refractivity contribution in [2.75, 3.05) is 26.2 Å². The lowest BCUT2D eigenvalue weighted by Gasteiger charge is -2.31.